The molecule has 0 unspecified atom stereocenters. The van der Waals surface area contributed by atoms with Crippen LogP contribution in [-0.2, 0) is 13.0 Å². The summed E-state index contributed by atoms with van der Waals surface area (Å²) >= 11 is 0. The van der Waals surface area contributed by atoms with Gasteiger partial charge in [-0.25, -0.2) is 4.79 Å². The van der Waals surface area contributed by atoms with Crippen molar-refractivity contribution < 1.29 is 4.42 Å². The highest BCUT2D eigenvalue weighted by Gasteiger charge is 2.20. The fourth-order valence-electron chi connectivity index (χ4n) is 3.83. The molecule has 0 radical (unpaired) electrons. The van der Waals surface area contributed by atoms with Crippen LogP contribution >= 0.6 is 0 Å². The maximum absolute atomic E-state index is 12.0. The van der Waals surface area contributed by atoms with E-state index in [1.807, 2.05) is 24.3 Å². The van der Waals surface area contributed by atoms with E-state index < -0.39 is 0 Å². The van der Waals surface area contributed by atoms with E-state index in [1.54, 1.807) is 4.57 Å². The van der Waals surface area contributed by atoms with E-state index in [0.29, 0.717) is 12.1 Å². The molecule has 4 heteroatoms. The average Bonchev–Trinajstić information content (AvgIpc) is 2.97. The average molecular weight is 336 g/mol. The second kappa shape index (κ2) is 7.28. The normalized spacial score (nSPS) is 16.5. The highest BCUT2D eigenvalue weighted by atomic mass is 16.4. The number of rotatable bonds is 5. The van der Waals surface area contributed by atoms with Crippen LogP contribution in [0.15, 0.2) is 63.8 Å². The van der Waals surface area contributed by atoms with Gasteiger partial charge in [0.05, 0.1) is 5.52 Å². The molecule has 0 amide bonds. The molecule has 0 spiro atoms. The summed E-state index contributed by atoms with van der Waals surface area (Å²) in [5, 5.41) is 0. The number of para-hydroxylation sites is 2. The number of fused-ring (bicyclic) bond motifs is 1. The Balaban J connectivity index is 1.31. The van der Waals surface area contributed by atoms with E-state index in [2.05, 4.69) is 35.2 Å². The van der Waals surface area contributed by atoms with Gasteiger partial charge in [0.15, 0.2) is 5.58 Å². The van der Waals surface area contributed by atoms with E-state index in [4.69, 9.17) is 4.42 Å². The number of likely N-dealkylation sites (tertiary alicyclic amines) is 1. The maximum Gasteiger partial charge on any atom is 0.419 e. The number of nitrogens with zero attached hydrogens (tertiary/aromatic N) is 2. The Morgan fingerprint density at radius 1 is 0.920 bits per heavy atom. The highest BCUT2D eigenvalue weighted by Crippen LogP contribution is 2.21. The summed E-state index contributed by atoms with van der Waals surface area (Å²) in [5.74, 6) is 0.524. The lowest BCUT2D eigenvalue weighted by Gasteiger charge is -2.32. The second-order valence-corrected chi connectivity index (χ2v) is 6.96. The summed E-state index contributed by atoms with van der Waals surface area (Å²) < 4.78 is 7.07. The van der Waals surface area contributed by atoms with Gasteiger partial charge in [0.1, 0.15) is 0 Å². The minimum absolute atomic E-state index is 0.250. The third kappa shape index (κ3) is 3.69. The van der Waals surface area contributed by atoms with Crippen molar-refractivity contribution in [3.63, 3.8) is 0 Å². The smallest absolute Gasteiger partial charge is 0.408 e. The summed E-state index contributed by atoms with van der Waals surface area (Å²) in [5.41, 5.74) is 3.01. The van der Waals surface area contributed by atoms with Crippen LogP contribution in [0.5, 0.6) is 0 Å². The molecule has 2 aromatic carbocycles. The largest absolute Gasteiger partial charge is 0.419 e. The van der Waals surface area contributed by atoms with Crippen LogP contribution < -0.4 is 5.76 Å². The summed E-state index contributed by atoms with van der Waals surface area (Å²) in [6.07, 6.45) is 3.65. The first-order valence-electron chi connectivity index (χ1n) is 9.14. The van der Waals surface area contributed by atoms with E-state index in [-0.39, 0.29) is 5.76 Å². The fourth-order valence-corrected chi connectivity index (χ4v) is 3.83. The SMILES string of the molecule is O=c1oc2ccccc2n1CCN1CCC(Cc2ccccc2)CC1. The van der Waals surface area contributed by atoms with E-state index in [0.717, 1.165) is 31.1 Å². The zero-order valence-electron chi connectivity index (χ0n) is 14.4. The molecule has 130 valence electrons. The van der Waals surface area contributed by atoms with Gasteiger partial charge in [0, 0.05) is 13.1 Å². The Kier molecular flexibility index (Phi) is 4.70. The Bertz CT molecular complexity index is 874. The van der Waals surface area contributed by atoms with Gasteiger partial charge in [-0.3, -0.25) is 4.57 Å². The molecule has 0 bridgehead atoms. The van der Waals surface area contributed by atoms with E-state index in [1.165, 1.54) is 24.8 Å². The van der Waals surface area contributed by atoms with Gasteiger partial charge in [-0.2, -0.15) is 0 Å². The molecule has 1 aromatic heterocycles. The molecular weight excluding hydrogens is 312 g/mol. The van der Waals surface area contributed by atoms with Gasteiger partial charge in [-0.15, -0.1) is 0 Å². The minimum atomic E-state index is -0.250. The molecule has 1 aliphatic rings. The molecule has 3 aromatic rings. The standard InChI is InChI=1S/C21H24N2O2/c24-21-23(19-8-4-5-9-20(19)25-21)15-14-22-12-10-18(11-13-22)16-17-6-2-1-3-7-17/h1-9,18H,10-16H2. The van der Waals surface area contributed by atoms with E-state index in [9.17, 15) is 4.79 Å². The molecule has 0 saturated carbocycles. The van der Waals surface area contributed by atoms with Crippen molar-refractivity contribution >= 4 is 11.1 Å². The number of oxazole rings is 1. The molecule has 4 nitrogen and oxygen atoms in total. The Morgan fingerprint density at radius 2 is 1.64 bits per heavy atom. The van der Waals surface area contributed by atoms with Crippen LogP contribution in [0.4, 0.5) is 0 Å². The van der Waals surface area contributed by atoms with Gasteiger partial charge in [0.2, 0.25) is 0 Å². The van der Waals surface area contributed by atoms with Crippen molar-refractivity contribution in [3.05, 3.63) is 70.7 Å². The van der Waals surface area contributed by atoms with Gasteiger partial charge in [0.25, 0.3) is 0 Å². The second-order valence-electron chi connectivity index (χ2n) is 6.96. The number of piperidine rings is 1. The lowest BCUT2D eigenvalue weighted by atomic mass is 9.90. The Labute approximate surface area is 147 Å². The summed E-state index contributed by atoms with van der Waals surface area (Å²) in [7, 11) is 0. The van der Waals surface area contributed by atoms with Gasteiger partial charge >= 0.3 is 5.76 Å². The van der Waals surface area contributed by atoms with Crippen molar-refractivity contribution in [2.75, 3.05) is 19.6 Å². The topological polar surface area (TPSA) is 38.4 Å². The lowest BCUT2D eigenvalue weighted by Crippen LogP contribution is -2.37. The predicted molar refractivity (Wildman–Crippen MR) is 99.8 cm³/mol. The zero-order valence-corrected chi connectivity index (χ0v) is 14.4. The van der Waals surface area contributed by atoms with Crippen molar-refractivity contribution in [1.82, 2.24) is 9.47 Å². The molecule has 1 fully saturated rings. The monoisotopic (exact) mass is 336 g/mol. The number of hydrogen-bond acceptors (Lipinski definition) is 3. The van der Waals surface area contributed by atoms with Crippen LogP contribution in [0.25, 0.3) is 11.1 Å². The molecule has 0 atom stereocenters. The fraction of sp³-hybridized carbons (Fsp3) is 0.381. The molecule has 4 rings (SSSR count). The molecule has 1 saturated heterocycles. The molecule has 2 heterocycles. The first-order valence-corrected chi connectivity index (χ1v) is 9.14. The number of hydrogen-bond donors (Lipinski definition) is 0. The van der Waals surface area contributed by atoms with Crippen LogP contribution in [-0.4, -0.2) is 29.1 Å². The van der Waals surface area contributed by atoms with E-state index >= 15 is 0 Å². The molecule has 0 aliphatic carbocycles. The molecular formula is C21H24N2O2. The first kappa shape index (κ1) is 16.2. The summed E-state index contributed by atoms with van der Waals surface area (Å²) in [4.78, 5) is 14.5. The van der Waals surface area contributed by atoms with Gasteiger partial charge in [-0.1, -0.05) is 42.5 Å². The van der Waals surface area contributed by atoms with Crippen molar-refractivity contribution in [2.45, 2.75) is 25.8 Å². The van der Waals surface area contributed by atoms with Crippen molar-refractivity contribution in [1.29, 1.82) is 0 Å². The number of aromatic nitrogens is 1. The van der Waals surface area contributed by atoms with Crippen molar-refractivity contribution in [3.8, 4) is 0 Å². The maximum atomic E-state index is 12.0. The zero-order chi connectivity index (χ0) is 17.1. The third-order valence-corrected chi connectivity index (χ3v) is 5.29. The lowest BCUT2D eigenvalue weighted by molar-refractivity contribution is 0.178. The van der Waals surface area contributed by atoms with Gasteiger partial charge in [-0.05, 0) is 56.0 Å². The summed E-state index contributed by atoms with van der Waals surface area (Å²) in [6.45, 7) is 3.82. The van der Waals surface area contributed by atoms with Gasteiger partial charge < -0.3 is 9.32 Å². The third-order valence-electron chi connectivity index (χ3n) is 5.29. The Hall–Kier alpha value is -2.33. The number of benzene rings is 2. The predicted octanol–water partition coefficient (Wildman–Crippen LogP) is 3.55. The highest BCUT2D eigenvalue weighted by molar-refractivity contribution is 5.72. The summed E-state index contributed by atoms with van der Waals surface area (Å²) in [6, 6.07) is 18.4. The molecule has 25 heavy (non-hydrogen) atoms. The van der Waals surface area contributed by atoms with Crippen LogP contribution in [0.1, 0.15) is 18.4 Å². The van der Waals surface area contributed by atoms with Crippen LogP contribution in [0.3, 0.4) is 0 Å². The van der Waals surface area contributed by atoms with Crippen LogP contribution in [0.2, 0.25) is 0 Å². The quantitative estimate of drug-likeness (QED) is 0.715. The minimum Gasteiger partial charge on any atom is -0.408 e. The first-order chi connectivity index (χ1) is 12.3. The van der Waals surface area contributed by atoms with Crippen LogP contribution in [0, 0.1) is 5.92 Å². The Morgan fingerprint density at radius 3 is 2.44 bits per heavy atom. The van der Waals surface area contributed by atoms with Crippen molar-refractivity contribution in [2.24, 2.45) is 5.92 Å². The molecule has 1 aliphatic heterocycles. The molecule has 0 N–H and O–H groups in total.